The molecule has 0 aliphatic heterocycles. The maximum atomic E-state index is 2.51. The van der Waals surface area contributed by atoms with E-state index in [-0.39, 0.29) is 0 Å². The lowest BCUT2D eigenvalue weighted by atomic mass is 9.84. The van der Waals surface area contributed by atoms with Crippen LogP contribution in [0.4, 0.5) is 0 Å². The molecule has 1 aliphatic carbocycles. The summed E-state index contributed by atoms with van der Waals surface area (Å²) in [4.78, 5) is 0. The number of unbranched alkanes of at least 4 members (excludes halogenated alkanes) is 3. The van der Waals surface area contributed by atoms with Gasteiger partial charge in [-0.25, -0.2) is 0 Å². The highest BCUT2D eigenvalue weighted by Gasteiger charge is 2.14. The van der Waals surface area contributed by atoms with E-state index in [0.717, 1.165) is 5.92 Å². The SMILES string of the molecule is CCCCCCc1ccc2cc(C3=CCC(CCC)CC3)ccc2c1. The van der Waals surface area contributed by atoms with E-state index in [4.69, 9.17) is 0 Å². The quantitative estimate of drug-likeness (QED) is 0.430. The molecule has 0 N–H and O–H groups in total. The van der Waals surface area contributed by atoms with Crippen LogP contribution in [0.15, 0.2) is 42.5 Å². The molecule has 0 nitrogen and oxygen atoms in total. The van der Waals surface area contributed by atoms with E-state index < -0.39 is 0 Å². The van der Waals surface area contributed by atoms with Crippen LogP contribution in [0, 0.1) is 5.92 Å². The molecular weight excluding hydrogens is 300 g/mol. The first kappa shape index (κ1) is 18.2. The summed E-state index contributed by atoms with van der Waals surface area (Å²) in [6.07, 6.45) is 15.7. The average Bonchev–Trinajstić information content (AvgIpc) is 2.66. The summed E-state index contributed by atoms with van der Waals surface area (Å²) in [5.41, 5.74) is 4.51. The van der Waals surface area contributed by atoms with Crippen LogP contribution >= 0.6 is 0 Å². The highest BCUT2D eigenvalue weighted by molar-refractivity contribution is 5.87. The van der Waals surface area contributed by atoms with Gasteiger partial charge >= 0.3 is 0 Å². The fraction of sp³-hybridized carbons (Fsp3) is 0.520. The van der Waals surface area contributed by atoms with Gasteiger partial charge in [-0.2, -0.15) is 0 Å². The molecule has 1 atom stereocenters. The second kappa shape index (κ2) is 9.22. The number of allylic oxidation sites excluding steroid dienone is 2. The molecule has 0 aromatic heterocycles. The van der Waals surface area contributed by atoms with Gasteiger partial charge in [0.05, 0.1) is 0 Å². The lowest BCUT2D eigenvalue weighted by Gasteiger charge is -2.21. The van der Waals surface area contributed by atoms with Gasteiger partial charge in [0.15, 0.2) is 0 Å². The first-order chi connectivity index (χ1) is 12.3. The molecule has 0 saturated heterocycles. The molecule has 2 aromatic rings. The van der Waals surface area contributed by atoms with Gasteiger partial charge in [0.2, 0.25) is 0 Å². The molecular formula is C25H34. The molecule has 0 radical (unpaired) electrons. The molecule has 1 aliphatic rings. The monoisotopic (exact) mass is 334 g/mol. The molecule has 0 spiro atoms. The zero-order valence-electron chi connectivity index (χ0n) is 16.2. The first-order valence-electron chi connectivity index (χ1n) is 10.5. The maximum Gasteiger partial charge on any atom is -0.0178 e. The molecule has 0 saturated carbocycles. The van der Waals surface area contributed by atoms with Crippen molar-refractivity contribution in [1.29, 1.82) is 0 Å². The van der Waals surface area contributed by atoms with Crippen molar-refractivity contribution in [2.24, 2.45) is 5.92 Å². The molecule has 0 heteroatoms. The number of hydrogen-bond acceptors (Lipinski definition) is 0. The zero-order chi connectivity index (χ0) is 17.5. The molecule has 0 heterocycles. The topological polar surface area (TPSA) is 0 Å². The largest absolute Gasteiger partial charge is 0.0804 e. The van der Waals surface area contributed by atoms with Crippen molar-refractivity contribution < 1.29 is 0 Å². The Morgan fingerprint density at radius 1 is 0.880 bits per heavy atom. The average molecular weight is 335 g/mol. The molecule has 0 fully saturated rings. The normalized spacial score (nSPS) is 17.7. The third-order valence-electron chi connectivity index (χ3n) is 5.81. The maximum absolute atomic E-state index is 2.51. The third kappa shape index (κ3) is 4.97. The van der Waals surface area contributed by atoms with Crippen molar-refractivity contribution in [3.63, 3.8) is 0 Å². The van der Waals surface area contributed by atoms with Crippen molar-refractivity contribution in [1.82, 2.24) is 0 Å². The fourth-order valence-corrected chi connectivity index (χ4v) is 4.23. The Morgan fingerprint density at radius 3 is 2.48 bits per heavy atom. The second-order valence-corrected chi connectivity index (χ2v) is 7.87. The van der Waals surface area contributed by atoms with Crippen LogP contribution in [-0.4, -0.2) is 0 Å². The Labute approximate surface area is 154 Å². The minimum Gasteiger partial charge on any atom is -0.0804 e. The van der Waals surface area contributed by atoms with Crippen molar-refractivity contribution in [3.8, 4) is 0 Å². The van der Waals surface area contributed by atoms with Gasteiger partial charge in [-0.3, -0.25) is 0 Å². The van der Waals surface area contributed by atoms with Gasteiger partial charge in [-0.15, -0.1) is 0 Å². The van der Waals surface area contributed by atoms with E-state index in [1.165, 1.54) is 86.1 Å². The van der Waals surface area contributed by atoms with Gasteiger partial charge in [-0.1, -0.05) is 82.4 Å². The van der Waals surface area contributed by atoms with E-state index in [1.807, 2.05) is 0 Å². The molecule has 3 rings (SSSR count). The Balaban J connectivity index is 1.68. The molecule has 2 aromatic carbocycles. The van der Waals surface area contributed by atoms with Gasteiger partial charge in [-0.05, 0) is 71.6 Å². The number of benzene rings is 2. The van der Waals surface area contributed by atoms with E-state index >= 15 is 0 Å². The standard InChI is InChI=1S/C25H34/c1-3-5-6-7-9-21-12-15-25-19-24(17-16-23(25)18-21)22-13-10-20(8-4-2)11-14-22/h12-13,15-20H,3-11,14H2,1-2H3. The summed E-state index contributed by atoms with van der Waals surface area (Å²) in [6.45, 7) is 4.58. The lowest BCUT2D eigenvalue weighted by molar-refractivity contribution is 0.445. The van der Waals surface area contributed by atoms with Crippen LogP contribution in [0.3, 0.4) is 0 Å². The summed E-state index contributed by atoms with van der Waals surface area (Å²) in [7, 11) is 0. The first-order valence-corrected chi connectivity index (χ1v) is 10.5. The smallest absolute Gasteiger partial charge is 0.0178 e. The van der Waals surface area contributed by atoms with Crippen molar-refractivity contribution in [2.75, 3.05) is 0 Å². The van der Waals surface area contributed by atoms with Crippen LogP contribution in [-0.2, 0) is 6.42 Å². The third-order valence-corrected chi connectivity index (χ3v) is 5.81. The van der Waals surface area contributed by atoms with Crippen molar-refractivity contribution in [3.05, 3.63) is 53.6 Å². The fourth-order valence-electron chi connectivity index (χ4n) is 4.23. The summed E-state index contributed by atoms with van der Waals surface area (Å²) in [6, 6.07) is 14.1. The van der Waals surface area contributed by atoms with Crippen LogP contribution in [0.2, 0.25) is 0 Å². The molecule has 1 unspecified atom stereocenters. The van der Waals surface area contributed by atoms with Crippen LogP contribution < -0.4 is 0 Å². The van der Waals surface area contributed by atoms with E-state index in [9.17, 15) is 0 Å². The summed E-state index contributed by atoms with van der Waals surface area (Å²) in [5.74, 6) is 0.921. The van der Waals surface area contributed by atoms with Crippen LogP contribution in [0.1, 0.15) is 82.8 Å². The van der Waals surface area contributed by atoms with Crippen molar-refractivity contribution in [2.45, 2.75) is 78.1 Å². The highest BCUT2D eigenvalue weighted by atomic mass is 14.2. The predicted molar refractivity (Wildman–Crippen MR) is 112 cm³/mol. The summed E-state index contributed by atoms with van der Waals surface area (Å²) in [5, 5.41) is 2.79. The lowest BCUT2D eigenvalue weighted by Crippen LogP contribution is -2.05. The van der Waals surface area contributed by atoms with Gasteiger partial charge in [0.1, 0.15) is 0 Å². The van der Waals surface area contributed by atoms with E-state index in [1.54, 1.807) is 5.57 Å². The van der Waals surface area contributed by atoms with Crippen LogP contribution in [0.5, 0.6) is 0 Å². The van der Waals surface area contributed by atoms with E-state index in [2.05, 4.69) is 56.3 Å². The molecule has 25 heavy (non-hydrogen) atoms. The number of fused-ring (bicyclic) bond motifs is 1. The van der Waals surface area contributed by atoms with Gasteiger partial charge in [0, 0.05) is 0 Å². The van der Waals surface area contributed by atoms with Crippen LogP contribution in [0.25, 0.3) is 16.3 Å². The van der Waals surface area contributed by atoms with Crippen molar-refractivity contribution >= 4 is 16.3 Å². The summed E-state index contributed by atoms with van der Waals surface area (Å²) >= 11 is 0. The predicted octanol–water partition coefficient (Wildman–Crippen LogP) is 7.95. The second-order valence-electron chi connectivity index (χ2n) is 7.87. The minimum atomic E-state index is 0.921. The molecule has 0 bridgehead atoms. The Morgan fingerprint density at radius 2 is 1.72 bits per heavy atom. The summed E-state index contributed by atoms with van der Waals surface area (Å²) < 4.78 is 0. The molecule has 0 amide bonds. The Kier molecular flexibility index (Phi) is 6.73. The number of aryl methyl sites for hydroxylation is 1. The number of rotatable bonds is 8. The van der Waals surface area contributed by atoms with Gasteiger partial charge in [0.25, 0.3) is 0 Å². The zero-order valence-corrected chi connectivity index (χ0v) is 16.2. The Bertz CT molecular complexity index is 707. The number of hydrogen-bond donors (Lipinski definition) is 0. The Hall–Kier alpha value is -1.56. The highest BCUT2D eigenvalue weighted by Crippen LogP contribution is 2.33. The van der Waals surface area contributed by atoms with Gasteiger partial charge < -0.3 is 0 Å². The molecule has 134 valence electrons. The van der Waals surface area contributed by atoms with E-state index in [0.29, 0.717) is 0 Å². The minimum absolute atomic E-state index is 0.921.